The molecule has 0 aliphatic carbocycles. The van der Waals surface area contributed by atoms with E-state index in [4.69, 9.17) is 0 Å². The van der Waals surface area contributed by atoms with Gasteiger partial charge < -0.3 is 20.5 Å². The minimum absolute atomic E-state index is 0.0231. The average molecular weight is 411 g/mol. The van der Waals surface area contributed by atoms with Crippen molar-refractivity contribution < 1.29 is 9.18 Å². The molecule has 1 saturated heterocycles. The number of aromatic nitrogens is 4. The van der Waals surface area contributed by atoms with Gasteiger partial charge in [0.05, 0.1) is 6.20 Å². The molecule has 3 aromatic rings. The number of pyridine rings is 1. The average Bonchev–Trinajstić information content (AvgIpc) is 3.21. The summed E-state index contributed by atoms with van der Waals surface area (Å²) in [6.07, 6.45) is 7.50. The van der Waals surface area contributed by atoms with Crippen molar-refractivity contribution >= 4 is 22.9 Å². The van der Waals surface area contributed by atoms with Gasteiger partial charge in [-0.25, -0.2) is 24.1 Å². The number of carbonyl (C=O) groups excluding carboxylic acids is 1. The Morgan fingerprint density at radius 1 is 1.40 bits per heavy atom. The maximum absolute atomic E-state index is 14.3. The van der Waals surface area contributed by atoms with Crippen LogP contribution in [0.4, 0.5) is 15.0 Å². The first-order valence-electron chi connectivity index (χ1n) is 10.4. The van der Waals surface area contributed by atoms with Gasteiger partial charge >= 0.3 is 6.03 Å². The molecule has 3 aromatic heterocycles. The van der Waals surface area contributed by atoms with E-state index in [1.165, 1.54) is 6.20 Å². The Kier molecular flexibility index (Phi) is 6.06. The normalized spacial score (nSPS) is 16.6. The van der Waals surface area contributed by atoms with E-state index >= 15 is 0 Å². The number of hydrogen-bond acceptors (Lipinski definition) is 5. The first-order valence-corrected chi connectivity index (χ1v) is 10.4. The molecule has 1 aliphatic rings. The third kappa shape index (κ3) is 4.34. The van der Waals surface area contributed by atoms with Crippen molar-refractivity contribution in [3.05, 3.63) is 36.5 Å². The summed E-state index contributed by atoms with van der Waals surface area (Å²) in [5.74, 6) is 0.347. The number of nitrogens with one attached hydrogen (secondary N) is 3. The van der Waals surface area contributed by atoms with Gasteiger partial charge in [0.2, 0.25) is 0 Å². The molecular weight excluding hydrogens is 385 g/mol. The van der Waals surface area contributed by atoms with Crippen LogP contribution in [0.25, 0.3) is 22.4 Å². The number of H-pyrrole nitrogens is 1. The lowest BCUT2D eigenvalue weighted by molar-refractivity contribution is 0.168. The predicted molar refractivity (Wildman–Crippen MR) is 114 cm³/mol. The molecule has 3 N–H and O–H groups in total. The van der Waals surface area contributed by atoms with Gasteiger partial charge in [0.1, 0.15) is 5.65 Å². The van der Waals surface area contributed by atoms with E-state index in [1.807, 2.05) is 24.0 Å². The van der Waals surface area contributed by atoms with Crippen molar-refractivity contribution in [2.45, 2.75) is 26.2 Å². The number of fused-ring (bicyclic) bond motifs is 1. The Hall–Kier alpha value is -3.23. The van der Waals surface area contributed by atoms with E-state index in [0.717, 1.165) is 42.4 Å². The van der Waals surface area contributed by atoms with Crippen LogP contribution in [-0.2, 0) is 0 Å². The number of anilines is 1. The highest BCUT2D eigenvalue weighted by Crippen LogP contribution is 2.26. The quantitative estimate of drug-likeness (QED) is 0.577. The van der Waals surface area contributed by atoms with E-state index < -0.39 is 5.82 Å². The summed E-state index contributed by atoms with van der Waals surface area (Å²) in [6, 6.07) is 3.74. The fourth-order valence-corrected chi connectivity index (χ4v) is 3.76. The first kappa shape index (κ1) is 20.1. The number of aromatic amines is 1. The number of urea groups is 1. The summed E-state index contributed by atoms with van der Waals surface area (Å²) in [7, 11) is 0. The fraction of sp³-hybridized carbons (Fsp3) is 0.429. The molecule has 9 heteroatoms. The number of carbonyl (C=O) groups is 1. The van der Waals surface area contributed by atoms with Crippen LogP contribution in [0.5, 0.6) is 0 Å². The maximum Gasteiger partial charge on any atom is 0.317 e. The standard InChI is InChI=1S/C21H26FN7O/c1-2-7-24-21(30)29-9-4-5-14(13-29)10-25-20-17(22)12-27-19(28-20)16-11-26-18-15(16)6-3-8-23-18/h3,6,8,11-12,14H,2,4-5,7,9-10,13H2,1H3,(H,23,26)(H,24,30)(H,25,27,28). The number of piperidine rings is 1. The van der Waals surface area contributed by atoms with Crippen molar-refractivity contribution in [1.29, 1.82) is 0 Å². The number of hydrogen-bond donors (Lipinski definition) is 3. The molecule has 0 spiro atoms. The van der Waals surface area contributed by atoms with Gasteiger partial charge in [0.25, 0.3) is 0 Å². The van der Waals surface area contributed by atoms with Crippen LogP contribution in [0.1, 0.15) is 26.2 Å². The summed E-state index contributed by atoms with van der Waals surface area (Å²) < 4.78 is 14.3. The predicted octanol–water partition coefficient (Wildman–Crippen LogP) is 3.40. The summed E-state index contributed by atoms with van der Waals surface area (Å²) >= 11 is 0. The second kappa shape index (κ2) is 9.06. The highest BCUT2D eigenvalue weighted by Gasteiger charge is 2.24. The highest BCUT2D eigenvalue weighted by molar-refractivity contribution is 5.91. The van der Waals surface area contributed by atoms with Crippen molar-refractivity contribution in [3.63, 3.8) is 0 Å². The Balaban J connectivity index is 1.44. The molecule has 0 radical (unpaired) electrons. The lowest BCUT2D eigenvalue weighted by atomic mass is 9.98. The molecule has 1 unspecified atom stereocenters. The van der Waals surface area contributed by atoms with Crippen LogP contribution in [0.15, 0.2) is 30.7 Å². The van der Waals surface area contributed by atoms with Crippen LogP contribution >= 0.6 is 0 Å². The van der Waals surface area contributed by atoms with Crippen LogP contribution in [0.2, 0.25) is 0 Å². The van der Waals surface area contributed by atoms with Gasteiger partial charge in [-0.2, -0.15) is 0 Å². The third-order valence-electron chi connectivity index (χ3n) is 5.33. The molecule has 30 heavy (non-hydrogen) atoms. The van der Waals surface area contributed by atoms with Crippen LogP contribution in [-0.4, -0.2) is 57.0 Å². The highest BCUT2D eigenvalue weighted by atomic mass is 19.1. The number of likely N-dealkylation sites (tertiary alicyclic amines) is 1. The molecule has 8 nitrogen and oxygen atoms in total. The molecule has 4 heterocycles. The molecule has 0 bridgehead atoms. The Labute approximate surface area is 174 Å². The van der Waals surface area contributed by atoms with Gasteiger partial charge in [0.15, 0.2) is 17.5 Å². The number of amides is 2. The van der Waals surface area contributed by atoms with E-state index in [9.17, 15) is 9.18 Å². The zero-order valence-electron chi connectivity index (χ0n) is 17.0. The zero-order valence-corrected chi connectivity index (χ0v) is 17.0. The SMILES string of the molecule is CCCNC(=O)N1CCCC(CNc2nc(-c3c[nH]c4ncccc34)ncc2F)C1. The zero-order chi connectivity index (χ0) is 20.9. The summed E-state index contributed by atoms with van der Waals surface area (Å²) in [6.45, 7) is 4.65. The van der Waals surface area contributed by atoms with E-state index in [-0.39, 0.29) is 17.8 Å². The van der Waals surface area contributed by atoms with Crippen LogP contribution in [0, 0.1) is 11.7 Å². The van der Waals surface area contributed by atoms with Gasteiger partial charge in [0, 0.05) is 49.5 Å². The third-order valence-corrected chi connectivity index (χ3v) is 5.33. The molecule has 4 rings (SSSR count). The summed E-state index contributed by atoms with van der Waals surface area (Å²) in [5, 5.41) is 6.93. The second-order valence-corrected chi connectivity index (χ2v) is 7.56. The Morgan fingerprint density at radius 2 is 2.30 bits per heavy atom. The summed E-state index contributed by atoms with van der Waals surface area (Å²) in [5.41, 5.74) is 1.51. The monoisotopic (exact) mass is 411 g/mol. The number of nitrogens with zero attached hydrogens (tertiary/aromatic N) is 4. The van der Waals surface area contributed by atoms with Gasteiger partial charge in [-0.3, -0.25) is 0 Å². The van der Waals surface area contributed by atoms with Crippen molar-refractivity contribution in [2.24, 2.45) is 5.92 Å². The fourth-order valence-electron chi connectivity index (χ4n) is 3.76. The largest absolute Gasteiger partial charge is 0.367 e. The number of halogens is 1. The maximum atomic E-state index is 14.3. The Bertz CT molecular complexity index is 1020. The minimum Gasteiger partial charge on any atom is -0.367 e. The van der Waals surface area contributed by atoms with E-state index in [1.54, 1.807) is 12.4 Å². The smallest absolute Gasteiger partial charge is 0.317 e. The molecule has 1 fully saturated rings. The molecule has 1 aliphatic heterocycles. The lowest BCUT2D eigenvalue weighted by Gasteiger charge is -2.33. The first-order chi connectivity index (χ1) is 14.7. The molecular formula is C21H26FN7O. The van der Waals surface area contributed by atoms with Gasteiger partial charge in [-0.1, -0.05) is 6.92 Å². The molecule has 2 amide bonds. The second-order valence-electron chi connectivity index (χ2n) is 7.56. The lowest BCUT2D eigenvalue weighted by Crippen LogP contribution is -2.46. The van der Waals surface area contributed by atoms with Crippen LogP contribution in [0.3, 0.4) is 0 Å². The van der Waals surface area contributed by atoms with Crippen LogP contribution < -0.4 is 10.6 Å². The Morgan fingerprint density at radius 3 is 3.17 bits per heavy atom. The molecule has 158 valence electrons. The number of rotatable bonds is 6. The minimum atomic E-state index is -0.495. The molecule has 0 aromatic carbocycles. The molecule has 1 atom stereocenters. The van der Waals surface area contributed by atoms with Crippen molar-refractivity contribution in [2.75, 3.05) is 31.5 Å². The topological polar surface area (TPSA) is 98.8 Å². The summed E-state index contributed by atoms with van der Waals surface area (Å²) in [4.78, 5) is 30.0. The van der Waals surface area contributed by atoms with Gasteiger partial charge in [-0.05, 0) is 37.3 Å². The molecule has 0 saturated carbocycles. The van der Waals surface area contributed by atoms with Crippen molar-refractivity contribution in [3.8, 4) is 11.4 Å². The van der Waals surface area contributed by atoms with E-state index in [0.29, 0.717) is 25.5 Å². The van der Waals surface area contributed by atoms with E-state index in [2.05, 4.69) is 30.6 Å². The van der Waals surface area contributed by atoms with Gasteiger partial charge in [-0.15, -0.1) is 0 Å². The van der Waals surface area contributed by atoms with Crippen molar-refractivity contribution in [1.82, 2.24) is 30.2 Å².